The molecule has 0 spiro atoms. The first-order chi connectivity index (χ1) is 11.1. The molecular formula is C18H13NO4. The summed E-state index contributed by atoms with van der Waals surface area (Å²) in [7, 11) is 1.28. The number of anilines is 2. The summed E-state index contributed by atoms with van der Waals surface area (Å²) in [4.78, 5) is 35.6. The summed E-state index contributed by atoms with van der Waals surface area (Å²) in [5.41, 5.74) is 0.770. The van der Waals surface area contributed by atoms with Crippen molar-refractivity contribution in [2.24, 2.45) is 0 Å². The number of methoxy groups -OCH3 is 1. The zero-order chi connectivity index (χ0) is 16.4. The Labute approximate surface area is 131 Å². The molecule has 3 aromatic rings. The van der Waals surface area contributed by atoms with Crippen molar-refractivity contribution in [2.45, 2.75) is 0 Å². The van der Waals surface area contributed by atoms with Crippen molar-refractivity contribution in [3.05, 3.63) is 80.6 Å². The number of ether oxygens (including phenoxy) is 1. The van der Waals surface area contributed by atoms with Crippen molar-refractivity contribution in [1.29, 1.82) is 0 Å². The van der Waals surface area contributed by atoms with E-state index >= 15 is 0 Å². The van der Waals surface area contributed by atoms with Crippen molar-refractivity contribution in [1.82, 2.24) is 0 Å². The van der Waals surface area contributed by atoms with Crippen LogP contribution in [0.4, 0.5) is 11.4 Å². The molecule has 0 heterocycles. The van der Waals surface area contributed by atoms with Crippen LogP contribution in [-0.4, -0.2) is 13.1 Å². The van der Waals surface area contributed by atoms with Gasteiger partial charge >= 0.3 is 5.97 Å². The van der Waals surface area contributed by atoms with Crippen LogP contribution in [0.5, 0.6) is 0 Å². The van der Waals surface area contributed by atoms with Crippen LogP contribution in [-0.2, 0) is 4.74 Å². The SMILES string of the molecule is COC(=O)c1ccccc1Nc1c(-c2ccccc2)c(=O)c1=O. The van der Waals surface area contributed by atoms with E-state index in [1.807, 2.05) is 6.07 Å². The Morgan fingerprint density at radius 2 is 1.57 bits per heavy atom. The molecule has 0 unspecified atom stereocenters. The summed E-state index contributed by atoms with van der Waals surface area (Å²) >= 11 is 0. The van der Waals surface area contributed by atoms with Crippen molar-refractivity contribution < 1.29 is 9.53 Å². The average Bonchev–Trinajstić information content (AvgIpc) is 2.61. The Morgan fingerprint density at radius 3 is 2.26 bits per heavy atom. The monoisotopic (exact) mass is 307 g/mol. The Balaban J connectivity index is 2.04. The van der Waals surface area contributed by atoms with Crippen LogP contribution in [0.1, 0.15) is 10.4 Å². The zero-order valence-electron chi connectivity index (χ0n) is 12.3. The fourth-order valence-electron chi connectivity index (χ4n) is 2.41. The van der Waals surface area contributed by atoms with E-state index in [1.54, 1.807) is 48.5 Å². The number of hydrogen-bond donors (Lipinski definition) is 1. The number of hydrogen-bond acceptors (Lipinski definition) is 5. The van der Waals surface area contributed by atoms with Gasteiger partial charge in [-0.1, -0.05) is 42.5 Å². The van der Waals surface area contributed by atoms with Crippen LogP contribution >= 0.6 is 0 Å². The summed E-state index contributed by atoms with van der Waals surface area (Å²) in [5, 5.41) is 2.90. The smallest absolute Gasteiger partial charge is 0.339 e. The van der Waals surface area contributed by atoms with Crippen molar-refractivity contribution in [3.8, 4) is 11.1 Å². The second-order valence-electron chi connectivity index (χ2n) is 4.94. The summed E-state index contributed by atoms with van der Waals surface area (Å²) in [6, 6.07) is 15.6. The molecule has 0 bridgehead atoms. The van der Waals surface area contributed by atoms with E-state index in [0.29, 0.717) is 22.4 Å². The highest BCUT2D eigenvalue weighted by Crippen LogP contribution is 2.27. The third-order valence-electron chi connectivity index (χ3n) is 3.56. The lowest BCUT2D eigenvalue weighted by atomic mass is 9.98. The van der Waals surface area contributed by atoms with Crippen LogP contribution in [0.2, 0.25) is 0 Å². The lowest BCUT2D eigenvalue weighted by Gasteiger charge is -2.15. The molecule has 0 aliphatic rings. The summed E-state index contributed by atoms with van der Waals surface area (Å²) in [6.45, 7) is 0. The van der Waals surface area contributed by atoms with Crippen LogP contribution in [0.3, 0.4) is 0 Å². The Hall–Kier alpha value is -3.21. The van der Waals surface area contributed by atoms with E-state index in [-0.39, 0.29) is 5.69 Å². The molecule has 3 rings (SSSR count). The number of benzene rings is 2. The van der Waals surface area contributed by atoms with Gasteiger partial charge in [-0.25, -0.2) is 4.79 Å². The first-order valence-corrected chi connectivity index (χ1v) is 6.96. The fraction of sp³-hybridized carbons (Fsp3) is 0.0556. The van der Waals surface area contributed by atoms with Gasteiger partial charge in [-0.2, -0.15) is 0 Å². The van der Waals surface area contributed by atoms with E-state index in [4.69, 9.17) is 4.74 Å². The average molecular weight is 307 g/mol. The number of para-hydroxylation sites is 1. The van der Waals surface area contributed by atoms with E-state index in [1.165, 1.54) is 7.11 Å². The molecule has 23 heavy (non-hydrogen) atoms. The molecule has 0 radical (unpaired) electrons. The number of nitrogens with one attached hydrogen (secondary N) is 1. The highest BCUT2D eigenvalue weighted by atomic mass is 16.5. The molecule has 1 N–H and O–H groups in total. The first-order valence-electron chi connectivity index (χ1n) is 6.96. The van der Waals surface area contributed by atoms with Gasteiger partial charge in [-0.15, -0.1) is 0 Å². The number of carbonyl (C=O) groups excluding carboxylic acids is 1. The van der Waals surface area contributed by atoms with Crippen LogP contribution < -0.4 is 16.2 Å². The summed E-state index contributed by atoms with van der Waals surface area (Å²) < 4.78 is 4.72. The van der Waals surface area contributed by atoms with E-state index in [0.717, 1.165) is 0 Å². The van der Waals surface area contributed by atoms with Gasteiger partial charge < -0.3 is 10.1 Å². The second kappa shape index (κ2) is 5.88. The predicted molar refractivity (Wildman–Crippen MR) is 87.9 cm³/mol. The van der Waals surface area contributed by atoms with Gasteiger partial charge in [0.05, 0.1) is 23.9 Å². The van der Waals surface area contributed by atoms with Crippen LogP contribution in [0.15, 0.2) is 64.2 Å². The maximum absolute atomic E-state index is 11.9. The summed E-state index contributed by atoms with van der Waals surface area (Å²) in [5.74, 6) is -0.520. The Bertz CT molecular complexity index is 937. The molecule has 0 fully saturated rings. The maximum atomic E-state index is 11.9. The van der Waals surface area contributed by atoms with Gasteiger partial charge in [0, 0.05) is 0 Å². The molecule has 114 valence electrons. The standard InChI is InChI=1S/C18H13NO4/c1-23-18(22)12-9-5-6-10-13(12)19-15-14(16(20)17(15)21)11-7-3-2-4-8-11/h2-10,19H,1H3. The fourth-order valence-corrected chi connectivity index (χ4v) is 2.41. The first kappa shape index (κ1) is 14.7. The maximum Gasteiger partial charge on any atom is 0.339 e. The number of rotatable bonds is 4. The normalized spacial score (nSPS) is 10.5. The van der Waals surface area contributed by atoms with Gasteiger partial charge in [0.2, 0.25) is 5.43 Å². The molecule has 0 aliphatic carbocycles. The molecule has 0 amide bonds. The lowest BCUT2D eigenvalue weighted by molar-refractivity contribution is 0.0602. The number of esters is 1. The quantitative estimate of drug-likeness (QED) is 0.592. The van der Waals surface area contributed by atoms with Gasteiger partial charge in [-0.3, -0.25) is 9.59 Å². The van der Waals surface area contributed by atoms with Gasteiger partial charge in [0.1, 0.15) is 5.69 Å². The topological polar surface area (TPSA) is 72.5 Å². The molecule has 0 aromatic heterocycles. The van der Waals surface area contributed by atoms with Crippen LogP contribution in [0, 0.1) is 0 Å². The minimum atomic E-state index is -0.594. The van der Waals surface area contributed by atoms with Crippen LogP contribution in [0.25, 0.3) is 11.1 Å². The molecule has 0 saturated carbocycles. The molecule has 0 saturated heterocycles. The van der Waals surface area contributed by atoms with Crippen molar-refractivity contribution >= 4 is 17.3 Å². The molecule has 5 nitrogen and oxygen atoms in total. The molecular weight excluding hydrogens is 294 g/mol. The largest absolute Gasteiger partial charge is 0.465 e. The van der Waals surface area contributed by atoms with E-state index in [2.05, 4.69) is 5.32 Å². The minimum absolute atomic E-state index is 0.192. The zero-order valence-corrected chi connectivity index (χ0v) is 12.3. The highest BCUT2D eigenvalue weighted by molar-refractivity contribution is 5.97. The lowest BCUT2D eigenvalue weighted by Crippen LogP contribution is -2.35. The van der Waals surface area contributed by atoms with Gasteiger partial charge in [-0.05, 0) is 17.7 Å². The number of carbonyl (C=O) groups is 1. The van der Waals surface area contributed by atoms with Gasteiger partial charge in [0.25, 0.3) is 5.43 Å². The molecule has 5 heteroatoms. The Kier molecular flexibility index (Phi) is 3.76. The predicted octanol–water partition coefficient (Wildman–Crippen LogP) is 2.48. The van der Waals surface area contributed by atoms with Crippen molar-refractivity contribution in [2.75, 3.05) is 12.4 Å². The minimum Gasteiger partial charge on any atom is -0.465 e. The molecule has 0 atom stereocenters. The third-order valence-corrected chi connectivity index (χ3v) is 3.56. The molecule has 3 aromatic carbocycles. The van der Waals surface area contributed by atoms with E-state index in [9.17, 15) is 14.4 Å². The summed E-state index contributed by atoms with van der Waals surface area (Å²) in [6.07, 6.45) is 0. The third kappa shape index (κ3) is 2.53. The molecule has 0 aliphatic heterocycles. The Morgan fingerprint density at radius 1 is 0.913 bits per heavy atom. The van der Waals surface area contributed by atoms with Gasteiger partial charge in [0.15, 0.2) is 0 Å². The second-order valence-corrected chi connectivity index (χ2v) is 4.94. The van der Waals surface area contributed by atoms with Crippen molar-refractivity contribution in [3.63, 3.8) is 0 Å². The van der Waals surface area contributed by atoms with E-state index < -0.39 is 16.8 Å². The highest BCUT2D eigenvalue weighted by Gasteiger charge is 2.23.